The number of nitrogens with one attached hydrogen (secondary N) is 1. The highest BCUT2D eigenvalue weighted by Gasteiger charge is 2.27. The second kappa shape index (κ2) is 5.52. The number of carbonyl (C=O) groups excluding carboxylic acids is 2. The molecule has 98 valence electrons. The Morgan fingerprint density at radius 2 is 1.76 bits per heavy atom. The topological polar surface area (TPSA) is 49.4 Å². The standard InChI is InChI=1S/C13H24N2O2/c1-10(16)15(13(2,3)4)9-12(17)14-11-7-5-6-8-11/h11H,5-9H2,1-4H3,(H,14,17). The summed E-state index contributed by atoms with van der Waals surface area (Å²) >= 11 is 0. The third-order valence-electron chi connectivity index (χ3n) is 3.21. The Labute approximate surface area is 104 Å². The fourth-order valence-electron chi connectivity index (χ4n) is 2.31. The molecule has 0 aromatic carbocycles. The number of rotatable bonds is 3. The van der Waals surface area contributed by atoms with Crippen LogP contribution in [0.15, 0.2) is 0 Å². The minimum atomic E-state index is -0.307. The van der Waals surface area contributed by atoms with Crippen molar-refractivity contribution in [1.82, 2.24) is 10.2 Å². The molecule has 0 aliphatic heterocycles. The quantitative estimate of drug-likeness (QED) is 0.816. The van der Waals surface area contributed by atoms with E-state index >= 15 is 0 Å². The van der Waals surface area contributed by atoms with E-state index in [2.05, 4.69) is 5.32 Å². The number of carbonyl (C=O) groups is 2. The summed E-state index contributed by atoms with van der Waals surface area (Å²) in [6.07, 6.45) is 4.53. The van der Waals surface area contributed by atoms with Crippen molar-refractivity contribution < 1.29 is 9.59 Å². The first-order chi connectivity index (χ1) is 7.80. The smallest absolute Gasteiger partial charge is 0.239 e. The first-order valence-electron chi connectivity index (χ1n) is 6.38. The Morgan fingerprint density at radius 1 is 1.24 bits per heavy atom. The summed E-state index contributed by atoms with van der Waals surface area (Å²) < 4.78 is 0. The van der Waals surface area contributed by atoms with Crippen molar-refractivity contribution in [3.05, 3.63) is 0 Å². The van der Waals surface area contributed by atoms with E-state index in [1.807, 2.05) is 20.8 Å². The van der Waals surface area contributed by atoms with Gasteiger partial charge >= 0.3 is 0 Å². The molecule has 0 spiro atoms. The summed E-state index contributed by atoms with van der Waals surface area (Å²) in [5, 5.41) is 3.00. The van der Waals surface area contributed by atoms with E-state index in [0.717, 1.165) is 12.8 Å². The van der Waals surface area contributed by atoms with Crippen LogP contribution in [0.4, 0.5) is 0 Å². The van der Waals surface area contributed by atoms with Gasteiger partial charge in [0, 0.05) is 18.5 Å². The molecule has 0 aromatic rings. The maximum atomic E-state index is 11.9. The third-order valence-corrected chi connectivity index (χ3v) is 3.21. The maximum Gasteiger partial charge on any atom is 0.239 e. The van der Waals surface area contributed by atoms with Crippen LogP contribution in [0, 0.1) is 0 Å². The van der Waals surface area contributed by atoms with Crippen LogP contribution >= 0.6 is 0 Å². The lowest BCUT2D eigenvalue weighted by Crippen LogP contribution is -2.50. The van der Waals surface area contributed by atoms with Crippen LogP contribution in [-0.2, 0) is 9.59 Å². The van der Waals surface area contributed by atoms with Crippen molar-refractivity contribution in [2.45, 2.75) is 65.0 Å². The van der Waals surface area contributed by atoms with Gasteiger partial charge in [-0.3, -0.25) is 9.59 Å². The summed E-state index contributed by atoms with van der Waals surface area (Å²) in [5.41, 5.74) is -0.307. The zero-order valence-electron chi connectivity index (χ0n) is 11.4. The van der Waals surface area contributed by atoms with Crippen molar-refractivity contribution in [3.63, 3.8) is 0 Å². The average Bonchev–Trinajstić information content (AvgIpc) is 2.64. The summed E-state index contributed by atoms with van der Waals surface area (Å²) in [6, 6.07) is 0.316. The number of hydrogen-bond donors (Lipinski definition) is 1. The molecule has 0 atom stereocenters. The minimum Gasteiger partial charge on any atom is -0.352 e. The molecule has 1 aliphatic carbocycles. The molecule has 4 heteroatoms. The van der Waals surface area contributed by atoms with Crippen LogP contribution in [0.25, 0.3) is 0 Å². The van der Waals surface area contributed by atoms with Gasteiger partial charge in [-0.2, -0.15) is 0 Å². The van der Waals surface area contributed by atoms with E-state index in [-0.39, 0.29) is 23.9 Å². The SMILES string of the molecule is CC(=O)N(CC(=O)NC1CCCC1)C(C)(C)C. The fourth-order valence-corrected chi connectivity index (χ4v) is 2.31. The van der Waals surface area contributed by atoms with E-state index in [4.69, 9.17) is 0 Å². The Morgan fingerprint density at radius 3 is 2.18 bits per heavy atom. The van der Waals surface area contributed by atoms with E-state index < -0.39 is 0 Å². The first-order valence-corrected chi connectivity index (χ1v) is 6.38. The highest BCUT2D eigenvalue weighted by Crippen LogP contribution is 2.18. The molecule has 0 radical (unpaired) electrons. The molecule has 17 heavy (non-hydrogen) atoms. The van der Waals surface area contributed by atoms with Crippen LogP contribution in [0.1, 0.15) is 53.4 Å². The Hall–Kier alpha value is -1.06. The van der Waals surface area contributed by atoms with E-state index in [1.165, 1.54) is 19.8 Å². The monoisotopic (exact) mass is 240 g/mol. The zero-order valence-corrected chi connectivity index (χ0v) is 11.4. The molecule has 0 unspecified atom stereocenters. The van der Waals surface area contributed by atoms with Gasteiger partial charge in [0.15, 0.2) is 0 Å². The number of amides is 2. The minimum absolute atomic E-state index is 0.0398. The van der Waals surface area contributed by atoms with Crippen molar-refractivity contribution in [2.75, 3.05) is 6.54 Å². The van der Waals surface area contributed by atoms with Crippen LogP contribution in [0.3, 0.4) is 0 Å². The lowest BCUT2D eigenvalue weighted by Gasteiger charge is -2.34. The maximum absolute atomic E-state index is 11.9. The molecular weight excluding hydrogens is 216 g/mol. The molecule has 1 rings (SSSR count). The second-order valence-corrected chi connectivity index (χ2v) is 5.82. The van der Waals surface area contributed by atoms with Gasteiger partial charge in [0.1, 0.15) is 6.54 Å². The van der Waals surface area contributed by atoms with Gasteiger partial charge in [0.25, 0.3) is 0 Å². The third kappa shape index (κ3) is 4.36. The van der Waals surface area contributed by atoms with Crippen molar-refractivity contribution >= 4 is 11.8 Å². The molecule has 0 aromatic heterocycles. The average molecular weight is 240 g/mol. The van der Waals surface area contributed by atoms with Crippen LogP contribution in [0.5, 0.6) is 0 Å². The molecule has 1 saturated carbocycles. The largest absolute Gasteiger partial charge is 0.352 e. The van der Waals surface area contributed by atoms with Crippen molar-refractivity contribution in [3.8, 4) is 0 Å². The van der Waals surface area contributed by atoms with E-state index in [0.29, 0.717) is 6.04 Å². The molecular formula is C13H24N2O2. The normalized spacial score (nSPS) is 16.9. The predicted octanol–water partition coefficient (Wildman–Crippen LogP) is 1.69. The Bertz CT molecular complexity index is 288. The van der Waals surface area contributed by atoms with Gasteiger partial charge in [0.2, 0.25) is 11.8 Å². The number of hydrogen-bond acceptors (Lipinski definition) is 2. The molecule has 0 heterocycles. The first kappa shape index (κ1) is 14.0. The summed E-state index contributed by atoms with van der Waals surface area (Å²) in [7, 11) is 0. The fraction of sp³-hybridized carbons (Fsp3) is 0.846. The van der Waals surface area contributed by atoms with Gasteiger partial charge in [-0.05, 0) is 33.6 Å². The Balaban J connectivity index is 2.49. The molecule has 1 aliphatic rings. The number of nitrogens with zero attached hydrogens (tertiary/aromatic N) is 1. The summed E-state index contributed by atoms with van der Waals surface area (Å²) in [5.74, 6) is -0.0962. The van der Waals surface area contributed by atoms with Crippen LogP contribution in [0.2, 0.25) is 0 Å². The highest BCUT2D eigenvalue weighted by atomic mass is 16.2. The zero-order chi connectivity index (χ0) is 13.1. The van der Waals surface area contributed by atoms with Crippen molar-refractivity contribution in [1.29, 1.82) is 0 Å². The summed E-state index contributed by atoms with van der Waals surface area (Å²) in [4.78, 5) is 25.0. The molecule has 1 fully saturated rings. The lowest BCUT2D eigenvalue weighted by molar-refractivity contribution is -0.139. The second-order valence-electron chi connectivity index (χ2n) is 5.82. The summed E-state index contributed by atoms with van der Waals surface area (Å²) in [6.45, 7) is 7.50. The highest BCUT2D eigenvalue weighted by molar-refractivity contribution is 5.84. The molecule has 0 bridgehead atoms. The Kier molecular flexibility index (Phi) is 4.54. The lowest BCUT2D eigenvalue weighted by atomic mass is 10.1. The molecule has 2 amide bonds. The van der Waals surface area contributed by atoms with Gasteiger partial charge in [-0.1, -0.05) is 12.8 Å². The van der Waals surface area contributed by atoms with Gasteiger partial charge in [0.05, 0.1) is 0 Å². The van der Waals surface area contributed by atoms with Crippen molar-refractivity contribution in [2.24, 2.45) is 0 Å². The predicted molar refractivity (Wildman–Crippen MR) is 67.5 cm³/mol. The van der Waals surface area contributed by atoms with E-state index in [1.54, 1.807) is 4.90 Å². The van der Waals surface area contributed by atoms with Crippen LogP contribution < -0.4 is 5.32 Å². The van der Waals surface area contributed by atoms with Gasteiger partial charge in [-0.25, -0.2) is 0 Å². The van der Waals surface area contributed by atoms with Gasteiger partial charge in [-0.15, -0.1) is 0 Å². The molecule has 1 N–H and O–H groups in total. The van der Waals surface area contributed by atoms with E-state index in [9.17, 15) is 9.59 Å². The molecule has 0 saturated heterocycles. The van der Waals surface area contributed by atoms with Gasteiger partial charge < -0.3 is 10.2 Å². The van der Waals surface area contributed by atoms with Crippen LogP contribution in [-0.4, -0.2) is 34.8 Å². The molecule has 4 nitrogen and oxygen atoms in total.